The van der Waals surface area contributed by atoms with Crippen LogP contribution < -0.4 is 0 Å². The second-order valence-corrected chi connectivity index (χ2v) is 6.19. The maximum Gasteiger partial charge on any atom is 0.0291 e. The minimum atomic E-state index is 1.34. The van der Waals surface area contributed by atoms with Gasteiger partial charge in [-0.05, 0) is 43.2 Å². The first-order valence-electron chi connectivity index (χ1n) is 5.30. The van der Waals surface area contributed by atoms with E-state index in [0.717, 1.165) is 0 Å². The van der Waals surface area contributed by atoms with Crippen molar-refractivity contribution >= 4 is 23.5 Å². The van der Waals surface area contributed by atoms with E-state index in [2.05, 4.69) is 50.2 Å². The van der Waals surface area contributed by atoms with E-state index < -0.39 is 0 Å². The molecule has 0 unspecified atom stereocenters. The van der Waals surface area contributed by atoms with Crippen LogP contribution in [0.4, 0.5) is 0 Å². The average molecular weight is 244 g/mol. The van der Waals surface area contributed by atoms with Crippen molar-refractivity contribution in [2.24, 2.45) is 0 Å². The zero-order chi connectivity index (χ0) is 11.1. The van der Waals surface area contributed by atoms with Crippen molar-refractivity contribution in [3.63, 3.8) is 0 Å². The van der Waals surface area contributed by atoms with Crippen LogP contribution in [0.5, 0.6) is 0 Å². The third-order valence-corrected chi connectivity index (χ3v) is 5.41. The fourth-order valence-corrected chi connectivity index (χ4v) is 4.31. The summed E-state index contributed by atoms with van der Waals surface area (Å²) in [7, 11) is 0. The molecule has 2 aromatic carbocycles. The van der Waals surface area contributed by atoms with Gasteiger partial charge in [0.15, 0.2) is 0 Å². The lowest BCUT2D eigenvalue weighted by Crippen LogP contribution is -1.92. The average Bonchev–Trinajstić information content (AvgIpc) is 2.28. The van der Waals surface area contributed by atoms with Crippen molar-refractivity contribution in [2.75, 3.05) is 0 Å². The molecule has 0 amide bonds. The molecule has 0 radical (unpaired) electrons. The monoisotopic (exact) mass is 244 g/mol. The van der Waals surface area contributed by atoms with Crippen LogP contribution in [0.25, 0.3) is 0 Å². The lowest BCUT2D eigenvalue weighted by molar-refractivity contribution is 1.11. The van der Waals surface area contributed by atoms with Gasteiger partial charge in [0, 0.05) is 19.6 Å². The van der Waals surface area contributed by atoms with E-state index in [-0.39, 0.29) is 0 Å². The van der Waals surface area contributed by atoms with E-state index in [4.69, 9.17) is 0 Å². The minimum absolute atomic E-state index is 1.34. The van der Waals surface area contributed by atoms with Crippen LogP contribution in [0.2, 0.25) is 0 Å². The molecule has 3 rings (SSSR count). The maximum absolute atomic E-state index is 2.28. The molecule has 0 saturated carbocycles. The van der Waals surface area contributed by atoms with Gasteiger partial charge in [-0.2, -0.15) is 0 Å². The molecule has 0 atom stereocenters. The van der Waals surface area contributed by atoms with Crippen LogP contribution in [0.3, 0.4) is 0 Å². The van der Waals surface area contributed by atoms with Gasteiger partial charge in [-0.25, -0.2) is 0 Å². The van der Waals surface area contributed by atoms with Gasteiger partial charge in [-0.1, -0.05) is 41.7 Å². The lowest BCUT2D eigenvalue weighted by Gasteiger charge is -2.20. The molecule has 0 saturated heterocycles. The summed E-state index contributed by atoms with van der Waals surface area (Å²) in [5, 5.41) is 0. The molecule has 80 valence electrons. The zero-order valence-corrected chi connectivity index (χ0v) is 10.9. The summed E-state index contributed by atoms with van der Waals surface area (Å²) < 4.78 is 0. The number of hydrogen-bond acceptors (Lipinski definition) is 2. The standard InChI is InChI=1S/C14H12S2/c1-9-6-7-11-13(8-9)16-14-10(2)4-3-5-12(14)15-11/h3-8H,1-2H3. The largest absolute Gasteiger partial charge is 0.0877 e. The highest BCUT2D eigenvalue weighted by molar-refractivity contribution is 8.05. The molecule has 0 nitrogen and oxygen atoms in total. The van der Waals surface area contributed by atoms with Crippen LogP contribution >= 0.6 is 23.5 Å². The van der Waals surface area contributed by atoms with Crippen molar-refractivity contribution in [3.05, 3.63) is 47.5 Å². The Labute approximate surface area is 104 Å². The Balaban J connectivity index is 2.13. The van der Waals surface area contributed by atoms with Crippen molar-refractivity contribution in [1.29, 1.82) is 0 Å². The van der Waals surface area contributed by atoms with Crippen LogP contribution in [-0.4, -0.2) is 0 Å². The Hall–Kier alpha value is -0.860. The van der Waals surface area contributed by atoms with Crippen molar-refractivity contribution in [3.8, 4) is 0 Å². The third kappa shape index (κ3) is 1.66. The van der Waals surface area contributed by atoms with Crippen molar-refractivity contribution in [1.82, 2.24) is 0 Å². The first-order chi connectivity index (χ1) is 7.74. The van der Waals surface area contributed by atoms with E-state index in [1.54, 1.807) is 0 Å². The number of fused-ring (bicyclic) bond motifs is 2. The molecular weight excluding hydrogens is 232 g/mol. The predicted molar refractivity (Wildman–Crippen MR) is 70.6 cm³/mol. The van der Waals surface area contributed by atoms with Gasteiger partial charge in [0.05, 0.1) is 0 Å². The van der Waals surface area contributed by atoms with E-state index >= 15 is 0 Å². The third-order valence-electron chi connectivity index (χ3n) is 2.71. The van der Waals surface area contributed by atoms with Crippen LogP contribution in [0, 0.1) is 13.8 Å². The Morgan fingerprint density at radius 3 is 2.56 bits per heavy atom. The van der Waals surface area contributed by atoms with Crippen molar-refractivity contribution in [2.45, 2.75) is 33.4 Å². The summed E-state index contributed by atoms with van der Waals surface area (Å²) in [4.78, 5) is 5.59. The summed E-state index contributed by atoms with van der Waals surface area (Å²) in [6.45, 7) is 4.34. The Kier molecular flexibility index (Phi) is 2.49. The number of aryl methyl sites for hydroxylation is 2. The lowest BCUT2D eigenvalue weighted by atomic mass is 10.2. The SMILES string of the molecule is Cc1ccc2c(c1)Sc1c(C)cccc1S2. The molecule has 2 heteroatoms. The van der Waals surface area contributed by atoms with Gasteiger partial charge in [-0.3, -0.25) is 0 Å². The second-order valence-electron chi connectivity index (χ2n) is 4.06. The van der Waals surface area contributed by atoms with Gasteiger partial charge in [0.2, 0.25) is 0 Å². The molecule has 16 heavy (non-hydrogen) atoms. The number of hydrogen-bond donors (Lipinski definition) is 0. The van der Waals surface area contributed by atoms with E-state index in [0.29, 0.717) is 0 Å². The van der Waals surface area contributed by atoms with Gasteiger partial charge in [0.1, 0.15) is 0 Å². The summed E-state index contributed by atoms with van der Waals surface area (Å²) in [5.41, 5.74) is 2.71. The Bertz CT molecular complexity index is 559. The maximum atomic E-state index is 2.28. The van der Waals surface area contributed by atoms with Crippen LogP contribution in [-0.2, 0) is 0 Å². The molecule has 0 fully saturated rings. The quantitative estimate of drug-likeness (QED) is 0.550. The highest BCUT2D eigenvalue weighted by atomic mass is 32.2. The van der Waals surface area contributed by atoms with Gasteiger partial charge >= 0.3 is 0 Å². The smallest absolute Gasteiger partial charge is 0.0291 e. The molecule has 1 aliphatic heterocycles. The molecule has 0 N–H and O–H groups in total. The molecule has 0 bridgehead atoms. The molecule has 1 aliphatic rings. The van der Waals surface area contributed by atoms with Gasteiger partial charge in [0.25, 0.3) is 0 Å². The predicted octanol–water partition coefficient (Wildman–Crippen LogP) is 4.92. The Morgan fingerprint density at radius 2 is 1.69 bits per heavy atom. The van der Waals surface area contributed by atoms with Crippen LogP contribution in [0.1, 0.15) is 11.1 Å². The zero-order valence-electron chi connectivity index (χ0n) is 9.28. The normalized spacial score (nSPS) is 13.1. The fourth-order valence-electron chi connectivity index (χ4n) is 1.84. The molecular formula is C14H12S2. The Morgan fingerprint density at radius 1 is 0.812 bits per heavy atom. The first kappa shape index (κ1) is 10.3. The summed E-state index contributed by atoms with van der Waals surface area (Å²) in [6.07, 6.45) is 0. The highest BCUT2D eigenvalue weighted by Gasteiger charge is 2.17. The van der Waals surface area contributed by atoms with Crippen LogP contribution in [0.15, 0.2) is 56.0 Å². The second kappa shape index (κ2) is 3.86. The first-order valence-corrected chi connectivity index (χ1v) is 6.93. The minimum Gasteiger partial charge on any atom is -0.0877 e. The molecule has 2 aromatic rings. The topological polar surface area (TPSA) is 0 Å². The van der Waals surface area contributed by atoms with Gasteiger partial charge < -0.3 is 0 Å². The van der Waals surface area contributed by atoms with E-state index in [9.17, 15) is 0 Å². The number of rotatable bonds is 0. The summed E-state index contributed by atoms with van der Waals surface area (Å²) in [5.74, 6) is 0. The summed E-state index contributed by atoms with van der Waals surface area (Å²) >= 11 is 3.79. The molecule has 0 aromatic heterocycles. The number of benzene rings is 2. The van der Waals surface area contributed by atoms with E-state index in [1.165, 1.54) is 30.7 Å². The molecule has 0 spiro atoms. The highest BCUT2D eigenvalue weighted by Crippen LogP contribution is 2.49. The van der Waals surface area contributed by atoms with E-state index in [1.807, 2.05) is 23.5 Å². The molecule has 0 aliphatic carbocycles. The van der Waals surface area contributed by atoms with Gasteiger partial charge in [-0.15, -0.1) is 0 Å². The van der Waals surface area contributed by atoms with Crippen molar-refractivity contribution < 1.29 is 0 Å². The fraction of sp³-hybridized carbons (Fsp3) is 0.143. The summed E-state index contributed by atoms with van der Waals surface area (Å²) in [6, 6.07) is 13.2. The molecule has 1 heterocycles.